The number of amides is 1. The van der Waals surface area contributed by atoms with E-state index in [1.54, 1.807) is 12.1 Å². The molecule has 0 heterocycles. The molecule has 0 bridgehead atoms. The van der Waals surface area contributed by atoms with E-state index in [9.17, 15) is 18.7 Å². The second kappa shape index (κ2) is 5.74. The predicted molar refractivity (Wildman–Crippen MR) is 82.9 cm³/mol. The number of alkyl halides is 2. The van der Waals surface area contributed by atoms with Crippen LogP contribution in [0.25, 0.3) is 11.1 Å². The summed E-state index contributed by atoms with van der Waals surface area (Å²) in [5.74, 6) is -0.296. The van der Waals surface area contributed by atoms with Gasteiger partial charge in [0.25, 0.3) is 6.43 Å². The van der Waals surface area contributed by atoms with Gasteiger partial charge in [-0.2, -0.15) is 0 Å². The molecular weight excluding hydrogens is 300 g/mol. The molecule has 1 fully saturated rings. The number of rotatable bonds is 5. The maximum absolute atomic E-state index is 12.5. The van der Waals surface area contributed by atoms with Gasteiger partial charge in [-0.1, -0.05) is 48.5 Å². The van der Waals surface area contributed by atoms with Gasteiger partial charge in [-0.15, -0.1) is 0 Å². The summed E-state index contributed by atoms with van der Waals surface area (Å²) >= 11 is 0. The monoisotopic (exact) mass is 317 g/mol. The van der Waals surface area contributed by atoms with Crippen LogP contribution in [-0.2, 0) is 10.2 Å². The minimum atomic E-state index is -2.80. The van der Waals surface area contributed by atoms with Gasteiger partial charge in [0.2, 0.25) is 5.91 Å². The zero-order valence-corrected chi connectivity index (χ0v) is 12.4. The molecule has 120 valence electrons. The number of primary amides is 1. The number of halogens is 2. The van der Waals surface area contributed by atoms with Crippen LogP contribution >= 0.6 is 0 Å². The molecule has 0 aliphatic heterocycles. The van der Waals surface area contributed by atoms with E-state index < -0.39 is 17.9 Å². The third kappa shape index (κ3) is 2.84. The van der Waals surface area contributed by atoms with E-state index in [0.717, 1.165) is 29.5 Å². The fourth-order valence-electron chi connectivity index (χ4n) is 2.80. The molecule has 1 atom stereocenters. The topological polar surface area (TPSA) is 63.3 Å². The van der Waals surface area contributed by atoms with Crippen LogP contribution in [0, 0.1) is 0 Å². The van der Waals surface area contributed by atoms with Crippen molar-refractivity contribution in [1.82, 2.24) is 0 Å². The Kier molecular flexibility index (Phi) is 3.90. The molecule has 3 rings (SSSR count). The van der Waals surface area contributed by atoms with Gasteiger partial charge >= 0.3 is 0 Å². The summed E-state index contributed by atoms with van der Waals surface area (Å²) in [6.07, 6.45) is -3.01. The second-order valence-electron chi connectivity index (χ2n) is 5.93. The zero-order valence-electron chi connectivity index (χ0n) is 12.4. The molecule has 3 nitrogen and oxygen atoms in total. The molecule has 1 aliphatic carbocycles. The van der Waals surface area contributed by atoms with Crippen molar-refractivity contribution in [2.75, 3.05) is 0 Å². The number of aliphatic hydroxyl groups excluding tert-OH is 1. The van der Waals surface area contributed by atoms with E-state index in [1.807, 2.05) is 24.3 Å². The minimum Gasteiger partial charge on any atom is -0.382 e. The van der Waals surface area contributed by atoms with Gasteiger partial charge in [0.1, 0.15) is 6.10 Å². The Labute approximate surface area is 132 Å². The predicted octanol–water partition coefficient (Wildman–Crippen LogP) is 3.17. The van der Waals surface area contributed by atoms with Crippen LogP contribution in [0.5, 0.6) is 0 Å². The first-order valence-electron chi connectivity index (χ1n) is 7.41. The largest absolute Gasteiger partial charge is 0.382 e. The first-order valence-corrected chi connectivity index (χ1v) is 7.41. The van der Waals surface area contributed by atoms with Crippen molar-refractivity contribution >= 4 is 5.91 Å². The molecule has 0 aromatic heterocycles. The van der Waals surface area contributed by atoms with E-state index in [-0.39, 0.29) is 11.5 Å². The van der Waals surface area contributed by atoms with Crippen LogP contribution in [0.1, 0.15) is 30.1 Å². The molecule has 0 saturated heterocycles. The molecule has 1 unspecified atom stereocenters. The van der Waals surface area contributed by atoms with E-state index in [4.69, 9.17) is 5.73 Å². The van der Waals surface area contributed by atoms with Gasteiger partial charge in [-0.25, -0.2) is 8.78 Å². The number of benzene rings is 2. The standard InChI is InChI=1S/C18H17F2NO2/c19-16(20)15(22)13-3-1-11(2-4-13)12-5-7-14(8-6-12)18(9-10-18)17(21)23/h1-8,15-16,22H,9-10H2,(H2,21,23). The highest BCUT2D eigenvalue weighted by atomic mass is 19.3. The summed E-state index contributed by atoms with van der Waals surface area (Å²) in [5.41, 5.74) is 7.81. The van der Waals surface area contributed by atoms with Crippen LogP contribution in [0.2, 0.25) is 0 Å². The number of carbonyl (C=O) groups excluding carboxylic acids is 1. The molecule has 1 saturated carbocycles. The van der Waals surface area contributed by atoms with Crippen molar-refractivity contribution in [1.29, 1.82) is 0 Å². The van der Waals surface area contributed by atoms with Gasteiger partial charge in [0.05, 0.1) is 5.41 Å². The number of aliphatic hydroxyl groups is 1. The number of hydrogen-bond acceptors (Lipinski definition) is 2. The first kappa shape index (κ1) is 15.6. The van der Waals surface area contributed by atoms with Gasteiger partial charge in [-0.05, 0) is 35.1 Å². The molecule has 23 heavy (non-hydrogen) atoms. The zero-order chi connectivity index (χ0) is 16.6. The third-order valence-corrected chi connectivity index (χ3v) is 4.48. The van der Waals surface area contributed by atoms with E-state index in [2.05, 4.69) is 0 Å². The summed E-state index contributed by atoms with van der Waals surface area (Å²) in [6, 6.07) is 13.9. The van der Waals surface area contributed by atoms with Crippen molar-refractivity contribution in [3.63, 3.8) is 0 Å². The smallest absolute Gasteiger partial charge is 0.268 e. The van der Waals surface area contributed by atoms with Crippen molar-refractivity contribution in [2.24, 2.45) is 5.73 Å². The van der Waals surface area contributed by atoms with E-state index in [0.29, 0.717) is 0 Å². The summed E-state index contributed by atoms with van der Waals surface area (Å²) in [6.45, 7) is 0. The normalized spacial score (nSPS) is 17.0. The summed E-state index contributed by atoms with van der Waals surface area (Å²) < 4.78 is 25.0. The van der Waals surface area contributed by atoms with Crippen LogP contribution in [-0.4, -0.2) is 17.4 Å². The lowest BCUT2D eigenvalue weighted by molar-refractivity contribution is -0.120. The molecule has 3 N–H and O–H groups in total. The van der Waals surface area contributed by atoms with Crippen LogP contribution in [0.3, 0.4) is 0 Å². The van der Waals surface area contributed by atoms with E-state index >= 15 is 0 Å². The lowest BCUT2D eigenvalue weighted by Crippen LogP contribution is -2.28. The Morgan fingerprint density at radius 3 is 1.87 bits per heavy atom. The summed E-state index contributed by atoms with van der Waals surface area (Å²) in [4.78, 5) is 11.5. The first-order chi connectivity index (χ1) is 10.9. The molecule has 5 heteroatoms. The maximum atomic E-state index is 12.5. The van der Waals surface area contributed by atoms with E-state index in [1.165, 1.54) is 12.1 Å². The van der Waals surface area contributed by atoms with Crippen molar-refractivity contribution in [3.8, 4) is 11.1 Å². The molecule has 0 radical (unpaired) electrons. The Bertz CT molecular complexity index is 707. The summed E-state index contributed by atoms with van der Waals surface area (Å²) in [7, 11) is 0. The Morgan fingerprint density at radius 1 is 1.00 bits per heavy atom. The van der Waals surface area contributed by atoms with Gasteiger partial charge in [0, 0.05) is 0 Å². The van der Waals surface area contributed by atoms with Gasteiger partial charge in [-0.3, -0.25) is 4.79 Å². The lowest BCUT2D eigenvalue weighted by atomic mass is 9.93. The van der Waals surface area contributed by atoms with Crippen LogP contribution in [0.4, 0.5) is 8.78 Å². The molecule has 2 aromatic carbocycles. The number of hydrogen-bond donors (Lipinski definition) is 2. The lowest BCUT2D eigenvalue weighted by Gasteiger charge is -2.13. The fraction of sp³-hybridized carbons (Fsp3) is 0.278. The van der Waals surface area contributed by atoms with Crippen molar-refractivity contribution in [3.05, 3.63) is 59.7 Å². The van der Waals surface area contributed by atoms with Gasteiger partial charge < -0.3 is 10.8 Å². The molecular formula is C18H17F2NO2. The Hall–Kier alpha value is -2.27. The van der Waals surface area contributed by atoms with Gasteiger partial charge in [0.15, 0.2) is 0 Å². The highest BCUT2D eigenvalue weighted by Gasteiger charge is 2.49. The number of carbonyl (C=O) groups is 1. The SMILES string of the molecule is NC(=O)C1(c2ccc(-c3ccc(C(O)C(F)F)cc3)cc2)CC1. The quantitative estimate of drug-likeness (QED) is 0.889. The summed E-state index contributed by atoms with van der Waals surface area (Å²) in [5, 5.41) is 9.35. The highest BCUT2D eigenvalue weighted by Crippen LogP contribution is 2.48. The van der Waals surface area contributed by atoms with Crippen molar-refractivity contribution < 1.29 is 18.7 Å². The van der Waals surface area contributed by atoms with Crippen molar-refractivity contribution in [2.45, 2.75) is 30.8 Å². The molecule has 2 aromatic rings. The maximum Gasteiger partial charge on any atom is 0.268 e. The Balaban J connectivity index is 1.81. The van der Waals surface area contributed by atoms with Crippen LogP contribution in [0.15, 0.2) is 48.5 Å². The minimum absolute atomic E-state index is 0.186. The average Bonchev–Trinajstić information content (AvgIpc) is 3.36. The fourth-order valence-corrected chi connectivity index (χ4v) is 2.80. The molecule has 0 spiro atoms. The average molecular weight is 317 g/mol. The Morgan fingerprint density at radius 2 is 1.48 bits per heavy atom. The molecule has 1 amide bonds. The highest BCUT2D eigenvalue weighted by molar-refractivity contribution is 5.90. The number of nitrogens with two attached hydrogens (primary N) is 1. The second-order valence-corrected chi connectivity index (χ2v) is 5.93. The third-order valence-electron chi connectivity index (χ3n) is 4.48. The van der Waals surface area contributed by atoms with Crippen LogP contribution < -0.4 is 5.73 Å². The molecule has 1 aliphatic rings.